The van der Waals surface area contributed by atoms with E-state index in [1.165, 1.54) is 16.7 Å². The second-order valence-corrected chi connectivity index (χ2v) is 11.7. The lowest BCUT2D eigenvalue weighted by atomic mass is 9.87. The Bertz CT molecular complexity index is 1280. The number of esters is 1. The zero-order chi connectivity index (χ0) is 26.4. The molecule has 4 nitrogen and oxygen atoms in total. The summed E-state index contributed by atoms with van der Waals surface area (Å²) in [6.07, 6.45) is 0. The van der Waals surface area contributed by atoms with E-state index in [0.29, 0.717) is 12.4 Å². The summed E-state index contributed by atoms with van der Waals surface area (Å²) in [6, 6.07) is 20.4. The Morgan fingerprint density at radius 3 is 1.65 bits per heavy atom. The highest BCUT2D eigenvalue weighted by Crippen LogP contribution is 2.39. The number of likely N-dealkylation sites (N-methyl/N-ethyl adjacent to an activating group) is 1. The van der Waals surface area contributed by atoms with Crippen molar-refractivity contribution < 1.29 is 14.3 Å². The smallest absolute Gasteiger partial charge is 0.316 e. The van der Waals surface area contributed by atoms with Crippen molar-refractivity contribution in [2.45, 2.75) is 20.8 Å². The molecule has 2 heterocycles. The molecule has 0 fully saturated rings. The lowest BCUT2D eigenvalue weighted by Gasteiger charge is -2.18. The Morgan fingerprint density at radius 2 is 1.22 bits per heavy atom. The average molecular weight is 532 g/mol. The Labute approximate surface area is 227 Å². The zero-order valence-corrected chi connectivity index (χ0v) is 23.6. The predicted molar refractivity (Wildman–Crippen MR) is 156 cm³/mol. The summed E-state index contributed by atoms with van der Waals surface area (Å²) in [7, 11) is 4.07. The van der Waals surface area contributed by atoms with Gasteiger partial charge >= 0.3 is 5.97 Å². The summed E-state index contributed by atoms with van der Waals surface area (Å²) in [5.74, 6) is 1.14. The lowest BCUT2D eigenvalue weighted by Crippen LogP contribution is -2.25. The van der Waals surface area contributed by atoms with Crippen LogP contribution in [-0.4, -0.2) is 38.1 Å². The molecule has 2 aromatic heterocycles. The Balaban J connectivity index is 1.77. The molecular weight excluding hydrogens is 498 g/mol. The second kappa shape index (κ2) is 11.9. The number of hydrogen-bond donors (Lipinski definition) is 0. The first-order valence-electron chi connectivity index (χ1n) is 12.2. The van der Waals surface area contributed by atoms with Crippen LogP contribution >= 0.6 is 22.7 Å². The number of hydrogen-bond acceptors (Lipinski definition) is 6. The number of carbonyl (C=O) groups excluding carboxylic acids is 1. The summed E-state index contributed by atoms with van der Waals surface area (Å²) in [6.45, 7) is 7.06. The van der Waals surface area contributed by atoms with Crippen molar-refractivity contribution in [1.29, 1.82) is 0 Å². The fraction of sp³-hybridized carbons (Fsp3) is 0.258. The molecule has 192 valence electrons. The van der Waals surface area contributed by atoms with Gasteiger partial charge in [-0.1, -0.05) is 24.3 Å². The van der Waals surface area contributed by atoms with E-state index in [9.17, 15) is 4.79 Å². The maximum atomic E-state index is 12.4. The van der Waals surface area contributed by atoms with Crippen LogP contribution in [0, 0.1) is 5.41 Å². The largest absolute Gasteiger partial charge is 0.492 e. The number of nitrogens with zero attached hydrogens (tertiary/aromatic N) is 1. The topological polar surface area (TPSA) is 38.8 Å². The maximum absolute atomic E-state index is 12.4. The second-order valence-electron chi connectivity index (χ2n) is 10.1. The number of benzene rings is 2. The highest BCUT2D eigenvalue weighted by molar-refractivity contribution is 7.08. The normalized spacial score (nSPS) is 11.4. The van der Waals surface area contributed by atoms with Crippen molar-refractivity contribution in [2.75, 3.05) is 27.2 Å². The van der Waals surface area contributed by atoms with Crippen molar-refractivity contribution >= 4 is 39.8 Å². The Hall–Kier alpha value is -3.19. The molecule has 0 atom stereocenters. The van der Waals surface area contributed by atoms with E-state index < -0.39 is 5.41 Å². The molecule has 4 rings (SSSR count). The highest BCUT2D eigenvalue weighted by Gasteiger charge is 2.24. The van der Waals surface area contributed by atoms with Gasteiger partial charge in [-0.3, -0.25) is 4.79 Å². The molecule has 2 aromatic carbocycles. The van der Waals surface area contributed by atoms with Crippen LogP contribution in [0.15, 0.2) is 82.2 Å². The van der Waals surface area contributed by atoms with Gasteiger partial charge in [0.25, 0.3) is 0 Å². The molecule has 6 heteroatoms. The van der Waals surface area contributed by atoms with Crippen molar-refractivity contribution in [2.24, 2.45) is 5.41 Å². The summed E-state index contributed by atoms with van der Waals surface area (Å²) < 4.78 is 11.6. The van der Waals surface area contributed by atoms with E-state index in [1.807, 2.05) is 71.3 Å². The molecular formula is C31H33NO3S2. The van der Waals surface area contributed by atoms with Crippen molar-refractivity contribution in [1.82, 2.24) is 4.90 Å². The number of carbonyl (C=O) groups is 1. The first kappa shape index (κ1) is 26.9. The van der Waals surface area contributed by atoms with Gasteiger partial charge in [0.1, 0.15) is 18.1 Å². The van der Waals surface area contributed by atoms with Crippen LogP contribution in [0.25, 0.3) is 11.1 Å². The summed E-state index contributed by atoms with van der Waals surface area (Å²) in [5.41, 5.74) is 6.20. The van der Waals surface area contributed by atoms with Crippen LogP contribution in [0.3, 0.4) is 0 Å². The van der Waals surface area contributed by atoms with Crippen LogP contribution in [-0.2, 0) is 4.79 Å². The number of thiophene rings is 2. The van der Waals surface area contributed by atoms with Crippen molar-refractivity contribution in [3.05, 3.63) is 104 Å². The van der Waals surface area contributed by atoms with Gasteiger partial charge in [-0.05, 0) is 126 Å². The standard InChI is InChI=1S/C31H33NO3S2/c1-31(2,3)30(33)35-27-12-8-23(9-13-27)28(22-6-10-26(11-7-22)34-17-16-32(4)5)29(24-14-18-36-20-24)25-15-19-37-21-25/h6-15,18-21H,16-17H2,1-5H3. The molecule has 0 aliphatic rings. The van der Waals surface area contributed by atoms with Crippen LogP contribution in [0.5, 0.6) is 11.5 Å². The fourth-order valence-corrected chi connectivity index (χ4v) is 5.03. The van der Waals surface area contributed by atoms with Gasteiger partial charge in [-0.15, -0.1) is 0 Å². The minimum absolute atomic E-state index is 0.252. The molecule has 4 aromatic rings. The van der Waals surface area contributed by atoms with Crippen LogP contribution < -0.4 is 9.47 Å². The van der Waals surface area contributed by atoms with Crippen LogP contribution in [0.4, 0.5) is 0 Å². The van der Waals surface area contributed by atoms with Gasteiger partial charge in [-0.2, -0.15) is 22.7 Å². The molecule has 0 saturated carbocycles. The summed E-state index contributed by atoms with van der Waals surface area (Å²) in [5, 5.41) is 8.59. The highest BCUT2D eigenvalue weighted by atomic mass is 32.1. The van der Waals surface area contributed by atoms with Gasteiger partial charge in [-0.25, -0.2) is 0 Å². The average Bonchev–Trinajstić information content (AvgIpc) is 3.58. The number of ether oxygens (including phenoxy) is 2. The minimum atomic E-state index is -0.564. The van der Waals surface area contributed by atoms with Crippen LogP contribution in [0.1, 0.15) is 43.0 Å². The first-order chi connectivity index (χ1) is 17.7. The molecule has 0 amide bonds. The molecule has 0 unspecified atom stereocenters. The monoisotopic (exact) mass is 531 g/mol. The van der Waals surface area contributed by atoms with Crippen molar-refractivity contribution in [3.8, 4) is 11.5 Å². The quantitative estimate of drug-likeness (QED) is 0.164. The molecule has 0 radical (unpaired) electrons. The van der Waals surface area contributed by atoms with Gasteiger partial charge in [0.15, 0.2) is 0 Å². The molecule has 0 saturated heterocycles. The van der Waals surface area contributed by atoms with E-state index in [-0.39, 0.29) is 5.97 Å². The molecule has 0 bridgehead atoms. The first-order valence-corrected chi connectivity index (χ1v) is 14.1. The molecule has 37 heavy (non-hydrogen) atoms. The molecule has 0 aliphatic heterocycles. The summed E-state index contributed by atoms with van der Waals surface area (Å²) >= 11 is 3.37. The fourth-order valence-electron chi connectivity index (χ4n) is 3.74. The van der Waals surface area contributed by atoms with Crippen molar-refractivity contribution in [3.63, 3.8) is 0 Å². The SMILES string of the molecule is CN(C)CCOc1ccc(C(=C(c2ccsc2)c2ccsc2)c2ccc(OC(=O)C(C)(C)C)cc2)cc1. The summed E-state index contributed by atoms with van der Waals surface area (Å²) in [4.78, 5) is 14.5. The minimum Gasteiger partial charge on any atom is -0.492 e. The Morgan fingerprint density at radius 1 is 0.730 bits per heavy atom. The third-order valence-electron chi connectivity index (χ3n) is 5.79. The predicted octanol–water partition coefficient (Wildman–Crippen LogP) is 7.71. The maximum Gasteiger partial charge on any atom is 0.316 e. The van der Waals surface area contributed by atoms with E-state index in [1.54, 1.807) is 22.7 Å². The molecule has 0 N–H and O–H groups in total. The van der Waals surface area contributed by atoms with Gasteiger partial charge in [0, 0.05) is 6.54 Å². The van der Waals surface area contributed by atoms with E-state index in [2.05, 4.69) is 50.7 Å². The van der Waals surface area contributed by atoms with Gasteiger partial charge in [0.05, 0.1) is 5.41 Å². The lowest BCUT2D eigenvalue weighted by molar-refractivity contribution is -0.142. The third kappa shape index (κ3) is 6.98. The van der Waals surface area contributed by atoms with Gasteiger partial charge in [0.2, 0.25) is 0 Å². The van der Waals surface area contributed by atoms with E-state index >= 15 is 0 Å². The third-order valence-corrected chi connectivity index (χ3v) is 7.15. The van der Waals surface area contributed by atoms with E-state index in [4.69, 9.17) is 9.47 Å². The van der Waals surface area contributed by atoms with Crippen LogP contribution in [0.2, 0.25) is 0 Å². The molecule has 0 spiro atoms. The van der Waals surface area contributed by atoms with E-state index in [0.717, 1.165) is 29.0 Å². The number of rotatable bonds is 9. The molecule has 0 aliphatic carbocycles. The Kier molecular flexibility index (Phi) is 8.64. The van der Waals surface area contributed by atoms with Gasteiger partial charge < -0.3 is 14.4 Å². The zero-order valence-electron chi connectivity index (χ0n) is 22.0.